The van der Waals surface area contributed by atoms with Gasteiger partial charge in [0.05, 0.1) is 7.11 Å². The molecule has 0 saturated carbocycles. The molecule has 0 aliphatic rings. The van der Waals surface area contributed by atoms with Gasteiger partial charge in [0.2, 0.25) is 0 Å². The van der Waals surface area contributed by atoms with Gasteiger partial charge in [-0.1, -0.05) is 12.1 Å². The van der Waals surface area contributed by atoms with E-state index in [4.69, 9.17) is 4.74 Å². The van der Waals surface area contributed by atoms with Crippen molar-refractivity contribution in [3.8, 4) is 5.75 Å². The second kappa shape index (κ2) is 8.44. The highest BCUT2D eigenvalue weighted by atomic mass is 32.2. The summed E-state index contributed by atoms with van der Waals surface area (Å²) < 4.78 is 5.17. The van der Waals surface area contributed by atoms with Gasteiger partial charge in [-0.3, -0.25) is 0 Å². The van der Waals surface area contributed by atoms with E-state index < -0.39 is 0 Å². The number of thioether (sulfide) groups is 1. The van der Waals surface area contributed by atoms with Crippen molar-refractivity contribution in [1.29, 1.82) is 0 Å². The fourth-order valence-corrected chi connectivity index (χ4v) is 2.63. The number of ether oxygens (including phenoxy) is 1. The molecule has 0 spiro atoms. The SMILES string of the molecule is COc1ccc(CC(C)NC(C)CCSC)cc1. The number of benzene rings is 1. The molecule has 0 heterocycles. The molecule has 0 aliphatic heterocycles. The van der Waals surface area contributed by atoms with Crippen LogP contribution in [0.25, 0.3) is 0 Å². The molecule has 2 atom stereocenters. The Labute approximate surface area is 116 Å². The van der Waals surface area contributed by atoms with Gasteiger partial charge in [-0.25, -0.2) is 0 Å². The van der Waals surface area contributed by atoms with Gasteiger partial charge in [-0.2, -0.15) is 11.8 Å². The first kappa shape index (κ1) is 15.4. The summed E-state index contributed by atoms with van der Waals surface area (Å²) >= 11 is 1.91. The minimum absolute atomic E-state index is 0.509. The van der Waals surface area contributed by atoms with Gasteiger partial charge in [-0.15, -0.1) is 0 Å². The van der Waals surface area contributed by atoms with E-state index in [2.05, 4.69) is 37.6 Å². The Morgan fingerprint density at radius 3 is 2.39 bits per heavy atom. The molecule has 0 amide bonds. The zero-order valence-corrected chi connectivity index (χ0v) is 12.7. The third-order valence-electron chi connectivity index (χ3n) is 3.02. The lowest BCUT2D eigenvalue weighted by molar-refractivity contribution is 0.414. The molecule has 0 aromatic heterocycles. The van der Waals surface area contributed by atoms with Crippen LogP contribution in [0.15, 0.2) is 24.3 Å². The van der Waals surface area contributed by atoms with Crippen molar-refractivity contribution in [1.82, 2.24) is 5.32 Å². The fourth-order valence-electron chi connectivity index (χ4n) is 2.04. The number of nitrogens with one attached hydrogen (secondary N) is 1. The Morgan fingerprint density at radius 2 is 1.83 bits per heavy atom. The van der Waals surface area contributed by atoms with E-state index in [1.807, 2.05) is 23.9 Å². The molecule has 2 unspecified atom stereocenters. The largest absolute Gasteiger partial charge is 0.497 e. The van der Waals surface area contributed by atoms with E-state index in [-0.39, 0.29) is 0 Å². The van der Waals surface area contributed by atoms with Crippen LogP contribution in [0.2, 0.25) is 0 Å². The molecule has 0 radical (unpaired) electrons. The van der Waals surface area contributed by atoms with Gasteiger partial charge in [0, 0.05) is 12.1 Å². The molecule has 1 N–H and O–H groups in total. The number of hydrogen-bond donors (Lipinski definition) is 1. The molecule has 1 aromatic carbocycles. The Morgan fingerprint density at radius 1 is 1.17 bits per heavy atom. The molecule has 102 valence electrons. The van der Waals surface area contributed by atoms with Crippen LogP contribution in [0, 0.1) is 0 Å². The maximum absolute atomic E-state index is 5.17. The van der Waals surface area contributed by atoms with Crippen LogP contribution >= 0.6 is 11.8 Å². The lowest BCUT2D eigenvalue weighted by Gasteiger charge is -2.20. The van der Waals surface area contributed by atoms with Gasteiger partial charge >= 0.3 is 0 Å². The smallest absolute Gasteiger partial charge is 0.118 e. The van der Waals surface area contributed by atoms with Gasteiger partial charge in [0.1, 0.15) is 5.75 Å². The van der Waals surface area contributed by atoms with E-state index >= 15 is 0 Å². The summed E-state index contributed by atoms with van der Waals surface area (Å²) in [5.41, 5.74) is 1.35. The Balaban J connectivity index is 2.36. The van der Waals surface area contributed by atoms with Crippen LogP contribution in [-0.2, 0) is 6.42 Å². The third-order valence-corrected chi connectivity index (χ3v) is 3.67. The van der Waals surface area contributed by atoms with Crippen LogP contribution in [-0.4, -0.2) is 31.2 Å². The van der Waals surface area contributed by atoms with Crippen molar-refractivity contribution in [3.05, 3.63) is 29.8 Å². The number of methoxy groups -OCH3 is 1. The van der Waals surface area contributed by atoms with Gasteiger partial charge in [-0.05, 0) is 56.4 Å². The van der Waals surface area contributed by atoms with Crippen molar-refractivity contribution in [2.45, 2.75) is 38.8 Å². The van der Waals surface area contributed by atoms with Crippen molar-refractivity contribution >= 4 is 11.8 Å². The lowest BCUT2D eigenvalue weighted by atomic mass is 10.1. The summed E-state index contributed by atoms with van der Waals surface area (Å²) in [7, 11) is 1.70. The minimum atomic E-state index is 0.509. The number of hydrogen-bond acceptors (Lipinski definition) is 3. The first-order chi connectivity index (χ1) is 8.65. The average molecular weight is 267 g/mol. The average Bonchev–Trinajstić information content (AvgIpc) is 2.37. The molecule has 1 aromatic rings. The zero-order valence-electron chi connectivity index (χ0n) is 11.9. The Hall–Kier alpha value is -0.670. The summed E-state index contributed by atoms with van der Waals surface area (Å²) in [4.78, 5) is 0. The molecule has 3 heteroatoms. The molecule has 0 aliphatic carbocycles. The Bertz CT molecular complexity index is 326. The van der Waals surface area contributed by atoms with Crippen LogP contribution in [0.5, 0.6) is 5.75 Å². The molecule has 0 saturated heterocycles. The zero-order chi connectivity index (χ0) is 13.4. The van der Waals surface area contributed by atoms with Gasteiger partial charge < -0.3 is 10.1 Å². The summed E-state index contributed by atoms with van der Waals surface area (Å²) in [6.45, 7) is 4.51. The van der Waals surface area contributed by atoms with Crippen molar-refractivity contribution in [3.63, 3.8) is 0 Å². The molecule has 0 fully saturated rings. The molecule has 1 rings (SSSR count). The highest BCUT2D eigenvalue weighted by Gasteiger charge is 2.07. The second-order valence-electron chi connectivity index (χ2n) is 4.80. The van der Waals surface area contributed by atoms with Crippen LogP contribution in [0.3, 0.4) is 0 Å². The standard InChI is InChI=1S/C15H25NOS/c1-12(9-10-18-4)16-13(2)11-14-5-7-15(17-3)8-6-14/h5-8,12-13,16H,9-11H2,1-4H3. The fraction of sp³-hybridized carbons (Fsp3) is 0.600. The predicted octanol–water partition coefficient (Wildman–Crippen LogP) is 3.36. The topological polar surface area (TPSA) is 21.3 Å². The second-order valence-corrected chi connectivity index (χ2v) is 5.79. The third kappa shape index (κ3) is 5.78. The number of rotatable bonds is 8. The first-order valence-corrected chi connectivity index (χ1v) is 7.93. The summed E-state index contributed by atoms with van der Waals surface area (Å²) in [6, 6.07) is 9.44. The van der Waals surface area contributed by atoms with Crippen molar-refractivity contribution in [2.24, 2.45) is 0 Å². The van der Waals surface area contributed by atoms with Crippen LogP contribution < -0.4 is 10.1 Å². The van der Waals surface area contributed by atoms with Crippen molar-refractivity contribution < 1.29 is 4.74 Å². The normalized spacial score (nSPS) is 14.2. The Kier molecular flexibility index (Phi) is 7.21. The highest BCUT2D eigenvalue weighted by molar-refractivity contribution is 7.98. The van der Waals surface area contributed by atoms with Gasteiger partial charge in [0.15, 0.2) is 0 Å². The minimum Gasteiger partial charge on any atom is -0.497 e. The van der Waals surface area contributed by atoms with Crippen LogP contribution in [0.1, 0.15) is 25.8 Å². The van der Waals surface area contributed by atoms with E-state index in [9.17, 15) is 0 Å². The first-order valence-electron chi connectivity index (χ1n) is 6.53. The summed E-state index contributed by atoms with van der Waals surface area (Å²) in [6.07, 6.45) is 4.45. The summed E-state index contributed by atoms with van der Waals surface area (Å²) in [5.74, 6) is 2.15. The highest BCUT2D eigenvalue weighted by Crippen LogP contribution is 2.13. The molecule has 2 nitrogen and oxygen atoms in total. The van der Waals surface area contributed by atoms with Gasteiger partial charge in [0.25, 0.3) is 0 Å². The maximum Gasteiger partial charge on any atom is 0.118 e. The predicted molar refractivity (Wildman–Crippen MR) is 81.8 cm³/mol. The van der Waals surface area contributed by atoms with E-state index in [0.29, 0.717) is 12.1 Å². The monoisotopic (exact) mass is 267 g/mol. The molecule has 18 heavy (non-hydrogen) atoms. The van der Waals surface area contributed by atoms with E-state index in [1.165, 1.54) is 17.7 Å². The van der Waals surface area contributed by atoms with E-state index in [0.717, 1.165) is 12.2 Å². The molecular formula is C15H25NOS. The van der Waals surface area contributed by atoms with Crippen molar-refractivity contribution in [2.75, 3.05) is 19.1 Å². The molecule has 0 bridgehead atoms. The molecular weight excluding hydrogens is 242 g/mol. The van der Waals surface area contributed by atoms with Crippen LogP contribution in [0.4, 0.5) is 0 Å². The lowest BCUT2D eigenvalue weighted by Crippen LogP contribution is -2.36. The van der Waals surface area contributed by atoms with E-state index in [1.54, 1.807) is 7.11 Å². The summed E-state index contributed by atoms with van der Waals surface area (Å²) in [5, 5.41) is 3.65. The quantitative estimate of drug-likeness (QED) is 0.780. The maximum atomic E-state index is 5.17.